The highest BCUT2D eigenvalue weighted by atomic mass is 16.2. The number of rotatable bonds is 17. The van der Waals surface area contributed by atoms with E-state index in [1.807, 2.05) is 6.92 Å². The fourth-order valence-corrected chi connectivity index (χ4v) is 4.35. The number of amides is 3. The van der Waals surface area contributed by atoms with Gasteiger partial charge in [0, 0.05) is 12.5 Å². The van der Waals surface area contributed by atoms with Crippen molar-refractivity contribution in [1.82, 2.24) is 10.2 Å². The van der Waals surface area contributed by atoms with Crippen LogP contribution in [-0.2, 0) is 14.4 Å². The Morgan fingerprint density at radius 1 is 0.967 bits per heavy atom. The third-order valence-corrected chi connectivity index (χ3v) is 6.28. The standard InChI is InChI=1S/C24H45N3O3/c1-4-5-6-7-8-9-10-11-12-13-14-15-16-17-22(28)26-21-18-19(2)27(24(21)30)20(3)23(25)29/h19-21H,4-18H2,1-3H3,(H2,25,29)(H,26,28)/t19?,20?,21-/m0/s1. The number of nitrogens with one attached hydrogen (secondary N) is 1. The first-order chi connectivity index (χ1) is 14.4. The van der Waals surface area contributed by atoms with E-state index in [0.717, 1.165) is 12.8 Å². The van der Waals surface area contributed by atoms with Gasteiger partial charge in [0.15, 0.2) is 0 Å². The summed E-state index contributed by atoms with van der Waals surface area (Å²) in [4.78, 5) is 37.6. The summed E-state index contributed by atoms with van der Waals surface area (Å²) in [5.74, 6) is -0.793. The van der Waals surface area contributed by atoms with Crippen molar-refractivity contribution in [2.75, 3.05) is 0 Å². The summed E-state index contributed by atoms with van der Waals surface area (Å²) in [5.41, 5.74) is 5.33. The van der Waals surface area contributed by atoms with Gasteiger partial charge in [0.05, 0.1) is 0 Å². The second-order valence-corrected chi connectivity index (χ2v) is 9.02. The molecular formula is C24H45N3O3. The molecule has 2 unspecified atom stereocenters. The SMILES string of the molecule is CCCCCCCCCCCCCCCC(=O)N[C@H]1CC(C)N(C(C)C(N)=O)C1=O. The van der Waals surface area contributed by atoms with E-state index in [1.165, 1.54) is 75.5 Å². The second kappa shape index (κ2) is 15.2. The first-order valence-corrected chi connectivity index (χ1v) is 12.3. The van der Waals surface area contributed by atoms with Gasteiger partial charge in [-0.15, -0.1) is 0 Å². The molecule has 6 heteroatoms. The first-order valence-electron chi connectivity index (χ1n) is 12.3. The molecule has 0 saturated carbocycles. The Kier molecular flexibility index (Phi) is 13.4. The molecule has 0 aromatic heterocycles. The molecule has 3 N–H and O–H groups in total. The van der Waals surface area contributed by atoms with Crippen LogP contribution in [-0.4, -0.2) is 40.7 Å². The van der Waals surface area contributed by atoms with Gasteiger partial charge in [-0.1, -0.05) is 84.0 Å². The zero-order chi connectivity index (χ0) is 22.4. The molecule has 1 heterocycles. The van der Waals surface area contributed by atoms with Gasteiger partial charge in [0.2, 0.25) is 17.7 Å². The summed E-state index contributed by atoms with van der Waals surface area (Å²) in [5, 5.41) is 2.84. The number of carbonyl (C=O) groups excluding carboxylic acids is 3. The van der Waals surface area contributed by atoms with Gasteiger partial charge >= 0.3 is 0 Å². The molecule has 1 aliphatic heterocycles. The quantitative estimate of drug-likeness (QED) is 0.339. The maximum Gasteiger partial charge on any atom is 0.246 e. The van der Waals surface area contributed by atoms with Crippen molar-refractivity contribution in [3.63, 3.8) is 0 Å². The van der Waals surface area contributed by atoms with E-state index >= 15 is 0 Å². The van der Waals surface area contributed by atoms with E-state index in [4.69, 9.17) is 5.73 Å². The highest BCUT2D eigenvalue weighted by Gasteiger charge is 2.41. The summed E-state index contributed by atoms with van der Waals surface area (Å²) in [7, 11) is 0. The molecule has 0 bridgehead atoms. The van der Waals surface area contributed by atoms with Crippen LogP contribution in [0, 0.1) is 0 Å². The predicted molar refractivity (Wildman–Crippen MR) is 122 cm³/mol. The molecule has 1 fully saturated rings. The smallest absolute Gasteiger partial charge is 0.246 e. The van der Waals surface area contributed by atoms with E-state index in [0.29, 0.717) is 12.8 Å². The summed E-state index contributed by atoms with van der Waals surface area (Å²) < 4.78 is 0. The van der Waals surface area contributed by atoms with Crippen molar-refractivity contribution in [3.05, 3.63) is 0 Å². The number of primary amides is 1. The number of carbonyl (C=O) groups is 3. The molecule has 0 aliphatic carbocycles. The molecule has 1 rings (SSSR count). The minimum absolute atomic E-state index is 0.0720. The first kappa shape index (κ1) is 26.4. The van der Waals surface area contributed by atoms with E-state index in [9.17, 15) is 14.4 Å². The minimum atomic E-state index is -0.643. The van der Waals surface area contributed by atoms with Crippen LogP contribution in [0.1, 0.15) is 117 Å². The Hall–Kier alpha value is -1.59. The maximum atomic E-state index is 12.5. The molecule has 0 spiro atoms. The Morgan fingerprint density at radius 2 is 1.43 bits per heavy atom. The fraction of sp³-hybridized carbons (Fsp3) is 0.875. The van der Waals surface area contributed by atoms with Gasteiger partial charge in [-0.3, -0.25) is 14.4 Å². The fourth-order valence-electron chi connectivity index (χ4n) is 4.35. The average Bonchev–Trinajstić information content (AvgIpc) is 2.97. The van der Waals surface area contributed by atoms with E-state index in [-0.39, 0.29) is 17.9 Å². The third-order valence-electron chi connectivity index (χ3n) is 6.28. The lowest BCUT2D eigenvalue weighted by atomic mass is 10.0. The van der Waals surface area contributed by atoms with Crippen LogP contribution in [0.4, 0.5) is 0 Å². The number of nitrogens with two attached hydrogens (primary N) is 1. The predicted octanol–water partition coefficient (Wildman–Crippen LogP) is 4.45. The van der Waals surface area contributed by atoms with Gasteiger partial charge in [-0.2, -0.15) is 0 Å². The molecule has 30 heavy (non-hydrogen) atoms. The Balaban J connectivity index is 2.04. The van der Waals surface area contributed by atoms with Crippen LogP contribution in [0.25, 0.3) is 0 Å². The van der Waals surface area contributed by atoms with Crippen molar-refractivity contribution < 1.29 is 14.4 Å². The van der Waals surface area contributed by atoms with Crippen molar-refractivity contribution in [2.24, 2.45) is 5.73 Å². The zero-order valence-corrected chi connectivity index (χ0v) is 19.6. The minimum Gasteiger partial charge on any atom is -0.368 e. The molecule has 0 aromatic rings. The molecule has 174 valence electrons. The molecule has 3 amide bonds. The van der Waals surface area contributed by atoms with Gasteiger partial charge in [0.1, 0.15) is 12.1 Å². The van der Waals surface area contributed by atoms with Gasteiger partial charge in [-0.05, 0) is 26.7 Å². The number of unbranched alkanes of at least 4 members (excludes halogenated alkanes) is 12. The van der Waals surface area contributed by atoms with Gasteiger partial charge in [0.25, 0.3) is 0 Å². The van der Waals surface area contributed by atoms with Crippen LogP contribution >= 0.6 is 0 Å². The number of hydrogen-bond donors (Lipinski definition) is 2. The number of likely N-dealkylation sites (tertiary alicyclic amines) is 1. The van der Waals surface area contributed by atoms with Crippen molar-refractivity contribution >= 4 is 17.7 Å². The summed E-state index contributed by atoms with van der Waals surface area (Å²) in [6.07, 6.45) is 17.5. The summed E-state index contributed by atoms with van der Waals surface area (Å²) in [6.45, 7) is 5.77. The van der Waals surface area contributed by atoms with Gasteiger partial charge < -0.3 is 16.0 Å². The van der Waals surface area contributed by atoms with Crippen LogP contribution < -0.4 is 11.1 Å². The lowest BCUT2D eigenvalue weighted by Crippen LogP contribution is -2.49. The number of hydrogen-bond acceptors (Lipinski definition) is 3. The van der Waals surface area contributed by atoms with E-state index in [1.54, 1.807) is 6.92 Å². The molecule has 0 radical (unpaired) electrons. The van der Waals surface area contributed by atoms with E-state index in [2.05, 4.69) is 12.2 Å². The molecule has 0 aromatic carbocycles. The lowest BCUT2D eigenvalue weighted by Gasteiger charge is -2.26. The van der Waals surface area contributed by atoms with Crippen LogP contribution in [0.5, 0.6) is 0 Å². The molecule has 6 nitrogen and oxygen atoms in total. The lowest BCUT2D eigenvalue weighted by molar-refractivity contribution is -0.139. The normalized spacial score (nSPS) is 19.8. The van der Waals surface area contributed by atoms with Crippen LogP contribution in [0.3, 0.4) is 0 Å². The summed E-state index contributed by atoms with van der Waals surface area (Å²) >= 11 is 0. The Labute approximate surface area is 183 Å². The van der Waals surface area contributed by atoms with Crippen LogP contribution in [0.2, 0.25) is 0 Å². The largest absolute Gasteiger partial charge is 0.368 e. The van der Waals surface area contributed by atoms with Crippen molar-refractivity contribution in [2.45, 2.75) is 135 Å². The highest BCUT2D eigenvalue weighted by Crippen LogP contribution is 2.22. The topological polar surface area (TPSA) is 92.5 Å². The summed E-state index contributed by atoms with van der Waals surface area (Å²) in [6, 6.07) is -1.27. The highest BCUT2D eigenvalue weighted by molar-refractivity contribution is 5.93. The molecular weight excluding hydrogens is 378 g/mol. The maximum absolute atomic E-state index is 12.5. The third kappa shape index (κ3) is 9.94. The monoisotopic (exact) mass is 423 g/mol. The van der Waals surface area contributed by atoms with Gasteiger partial charge in [-0.25, -0.2) is 0 Å². The van der Waals surface area contributed by atoms with Crippen LogP contribution in [0.15, 0.2) is 0 Å². The van der Waals surface area contributed by atoms with Crippen molar-refractivity contribution in [1.29, 1.82) is 0 Å². The molecule has 3 atom stereocenters. The average molecular weight is 424 g/mol. The second-order valence-electron chi connectivity index (χ2n) is 9.02. The molecule has 1 aliphatic rings. The van der Waals surface area contributed by atoms with Crippen molar-refractivity contribution in [3.8, 4) is 0 Å². The Morgan fingerprint density at radius 3 is 1.90 bits per heavy atom. The van der Waals surface area contributed by atoms with E-state index < -0.39 is 18.0 Å². The number of nitrogens with zero attached hydrogens (tertiary/aromatic N) is 1. The Bertz CT molecular complexity index is 524. The zero-order valence-electron chi connectivity index (χ0n) is 19.6. The molecule has 1 saturated heterocycles.